The summed E-state index contributed by atoms with van der Waals surface area (Å²) < 4.78 is 5.76. The monoisotopic (exact) mass is 350 g/mol. The molecule has 1 atom stereocenters. The fraction of sp³-hybridized carbons (Fsp3) is 0.364. The number of benzene rings is 2. The second-order valence-electron chi connectivity index (χ2n) is 6.30. The van der Waals surface area contributed by atoms with Crippen molar-refractivity contribution < 1.29 is 9.53 Å². The van der Waals surface area contributed by atoms with Gasteiger partial charge in [-0.15, -0.1) is 0 Å². The lowest BCUT2D eigenvalue weighted by Gasteiger charge is -2.22. The van der Waals surface area contributed by atoms with E-state index in [2.05, 4.69) is 13.0 Å². The molecular weight excluding hydrogens is 324 g/mol. The molecule has 136 valence electrons. The second kappa shape index (κ2) is 10.2. The molecule has 0 bridgehead atoms. The first-order chi connectivity index (χ1) is 12.6. The topological polar surface area (TPSA) is 53.3 Å². The third kappa shape index (κ3) is 5.93. The molecule has 0 radical (unpaired) electrons. The van der Waals surface area contributed by atoms with Crippen LogP contribution in [0.4, 0.5) is 0 Å². The third-order valence-electron chi connectivity index (χ3n) is 4.31. The van der Waals surface area contributed by atoms with E-state index in [4.69, 9.17) is 10.00 Å². The van der Waals surface area contributed by atoms with Crippen LogP contribution in [0.3, 0.4) is 0 Å². The Morgan fingerprint density at radius 3 is 2.42 bits per heavy atom. The van der Waals surface area contributed by atoms with Gasteiger partial charge in [-0.25, -0.2) is 0 Å². The molecule has 0 aliphatic carbocycles. The molecule has 0 aromatic heterocycles. The molecule has 1 amide bonds. The fourth-order valence-electron chi connectivity index (χ4n) is 2.58. The van der Waals surface area contributed by atoms with Crippen molar-refractivity contribution in [2.24, 2.45) is 0 Å². The molecule has 2 aromatic carbocycles. The summed E-state index contributed by atoms with van der Waals surface area (Å²) in [5.74, 6) is 0.718. The van der Waals surface area contributed by atoms with Crippen molar-refractivity contribution in [2.75, 3.05) is 13.1 Å². The summed E-state index contributed by atoms with van der Waals surface area (Å²) in [4.78, 5) is 14.6. The maximum atomic E-state index is 12.8. The minimum absolute atomic E-state index is 0.0497. The summed E-state index contributed by atoms with van der Waals surface area (Å²) in [6.45, 7) is 5.12. The van der Waals surface area contributed by atoms with Gasteiger partial charge < -0.3 is 9.64 Å². The molecule has 0 aliphatic rings. The Morgan fingerprint density at radius 1 is 1.12 bits per heavy atom. The molecule has 4 nitrogen and oxygen atoms in total. The zero-order chi connectivity index (χ0) is 18.8. The van der Waals surface area contributed by atoms with E-state index in [9.17, 15) is 4.79 Å². The fourth-order valence-corrected chi connectivity index (χ4v) is 2.58. The number of ether oxygens (including phenoxy) is 1. The zero-order valence-corrected chi connectivity index (χ0v) is 15.5. The molecular formula is C22H26N2O2. The summed E-state index contributed by atoms with van der Waals surface area (Å²) in [5.41, 5.74) is 1.80. The molecule has 0 heterocycles. The second-order valence-corrected chi connectivity index (χ2v) is 6.30. The van der Waals surface area contributed by atoms with Crippen molar-refractivity contribution >= 4 is 5.91 Å². The Labute approximate surface area is 156 Å². The number of nitrogens with zero attached hydrogens (tertiary/aromatic N) is 2. The quantitative estimate of drug-likeness (QED) is 0.671. The Balaban J connectivity index is 2.04. The summed E-state index contributed by atoms with van der Waals surface area (Å²) in [6.07, 6.45) is 2.18. The normalized spacial score (nSPS) is 11.4. The Kier molecular flexibility index (Phi) is 7.70. The minimum Gasteiger partial charge on any atom is -0.491 e. The molecule has 2 aromatic rings. The maximum Gasteiger partial charge on any atom is 0.253 e. The molecule has 0 N–H and O–H groups in total. The summed E-state index contributed by atoms with van der Waals surface area (Å²) in [7, 11) is 0. The van der Waals surface area contributed by atoms with E-state index >= 15 is 0 Å². The van der Waals surface area contributed by atoms with E-state index in [0.29, 0.717) is 25.1 Å². The van der Waals surface area contributed by atoms with Crippen molar-refractivity contribution in [1.82, 2.24) is 4.90 Å². The number of hydrogen-bond acceptors (Lipinski definition) is 3. The van der Waals surface area contributed by atoms with E-state index in [1.807, 2.05) is 49.4 Å². The van der Waals surface area contributed by atoms with Crippen LogP contribution in [0, 0.1) is 11.3 Å². The van der Waals surface area contributed by atoms with Gasteiger partial charge in [-0.2, -0.15) is 5.26 Å². The van der Waals surface area contributed by atoms with Crippen molar-refractivity contribution in [2.45, 2.75) is 39.2 Å². The van der Waals surface area contributed by atoms with Gasteiger partial charge in [0.15, 0.2) is 0 Å². The number of nitriles is 1. The molecule has 2 rings (SSSR count). The number of hydrogen-bond donors (Lipinski definition) is 0. The average molecular weight is 350 g/mol. The highest BCUT2D eigenvalue weighted by Gasteiger charge is 2.16. The number of carbonyl (C=O) groups is 1. The predicted molar refractivity (Wildman–Crippen MR) is 103 cm³/mol. The van der Waals surface area contributed by atoms with Gasteiger partial charge in [-0.1, -0.05) is 37.3 Å². The van der Waals surface area contributed by atoms with Crippen LogP contribution in [-0.2, 0) is 6.42 Å². The van der Waals surface area contributed by atoms with Gasteiger partial charge in [0, 0.05) is 18.7 Å². The van der Waals surface area contributed by atoms with E-state index < -0.39 is 0 Å². The van der Waals surface area contributed by atoms with Crippen LogP contribution in [0.1, 0.15) is 42.6 Å². The van der Waals surface area contributed by atoms with Crippen molar-refractivity contribution in [3.63, 3.8) is 0 Å². The van der Waals surface area contributed by atoms with Gasteiger partial charge in [0.1, 0.15) is 5.75 Å². The van der Waals surface area contributed by atoms with E-state index in [1.54, 1.807) is 17.0 Å². The Hall–Kier alpha value is -2.80. The van der Waals surface area contributed by atoms with Gasteiger partial charge >= 0.3 is 0 Å². The van der Waals surface area contributed by atoms with Gasteiger partial charge in [-0.05, 0) is 49.6 Å². The van der Waals surface area contributed by atoms with Gasteiger partial charge in [-0.3, -0.25) is 4.79 Å². The van der Waals surface area contributed by atoms with Crippen LogP contribution < -0.4 is 4.74 Å². The van der Waals surface area contributed by atoms with E-state index in [1.165, 1.54) is 5.56 Å². The van der Waals surface area contributed by atoms with Crippen molar-refractivity contribution in [1.29, 1.82) is 5.26 Å². The van der Waals surface area contributed by atoms with Gasteiger partial charge in [0.25, 0.3) is 5.91 Å². The Morgan fingerprint density at radius 2 is 1.81 bits per heavy atom. The minimum atomic E-state index is -0.0497. The van der Waals surface area contributed by atoms with Crippen LogP contribution in [0.15, 0.2) is 54.6 Å². The number of carbonyl (C=O) groups excluding carboxylic acids is 1. The first-order valence-corrected chi connectivity index (χ1v) is 9.11. The first kappa shape index (κ1) is 19.5. The third-order valence-corrected chi connectivity index (χ3v) is 4.31. The van der Waals surface area contributed by atoms with Crippen LogP contribution in [0.25, 0.3) is 0 Å². The van der Waals surface area contributed by atoms with Crippen molar-refractivity contribution in [3.05, 3.63) is 65.7 Å². The smallest absolute Gasteiger partial charge is 0.253 e. The van der Waals surface area contributed by atoms with Crippen LogP contribution in [0.2, 0.25) is 0 Å². The summed E-state index contributed by atoms with van der Waals surface area (Å²) in [6, 6.07) is 19.4. The highest BCUT2D eigenvalue weighted by Crippen LogP contribution is 2.16. The highest BCUT2D eigenvalue weighted by molar-refractivity contribution is 5.94. The lowest BCUT2D eigenvalue weighted by Crippen LogP contribution is -2.33. The molecule has 4 heteroatoms. The largest absolute Gasteiger partial charge is 0.491 e. The maximum absolute atomic E-state index is 12.8. The molecule has 0 fully saturated rings. The number of rotatable bonds is 9. The molecule has 0 saturated heterocycles. The van der Waals surface area contributed by atoms with Crippen LogP contribution in [0.5, 0.6) is 5.75 Å². The average Bonchev–Trinajstić information content (AvgIpc) is 2.69. The SMILES string of the molecule is CCC(C)Oc1ccc(C(=O)N(CCC#N)CCc2ccccc2)cc1. The van der Waals surface area contributed by atoms with Crippen LogP contribution in [-0.4, -0.2) is 30.0 Å². The van der Waals surface area contributed by atoms with E-state index in [-0.39, 0.29) is 12.0 Å². The molecule has 1 unspecified atom stereocenters. The van der Waals surface area contributed by atoms with Crippen molar-refractivity contribution in [3.8, 4) is 11.8 Å². The lowest BCUT2D eigenvalue weighted by molar-refractivity contribution is 0.0761. The number of amides is 1. The lowest BCUT2D eigenvalue weighted by atomic mass is 10.1. The highest BCUT2D eigenvalue weighted by atomic mass is 16.5. The van der Waals surface area contributed by atoms with E-state index in [0.717, 1.165) is 18.6 Å². The standard InChI is InChI=1S/C22H26N2O2/c1-3-18(2)26-21-12-10-20(11-13-21)22(25)24(16-7-15-23)17-14-19-8-5-4-6-9-19/h4-6,8-13,18H,3,7,14,16-17H2,1-2H3. The van der Waals surface area contributed by atoms with Gasteiger partial charge in [0.05, 0.1) is 18.6 Å². The van der Waals surface area contributed by atoms with Gasteiger partial charge in [0.2, 0.25) is 0 Å². The predicted octanol–water partition coefficient (Wildman–Crippen LogP) is 4.46. The summed E-state index contributed by atoms with van der Waals surface area (Å²) >= 11 is 0. The van der Waals surface area contributed by atoms with Crippen LogP contribution >= 0.6 is 0 Å². The zero-order valence-electron chi connectivity index (χ0n) is 15.5. The molecule has 0 saturated carbocycles. The molecule has 26 heavy (non-hydrogen) atoms. The first-order valence-electron chi connectivity index (χ1n) is 9.11. The molecule has 0 spiro atoms. The molecule has 0 aliphatic heterocycles. The Bertz CT molecular complexity index is 720. The summed E-state index contributed by atoms with van der Waals surface area (Å²) in [5, 5.41) is 8.89.